The Labute approximate surface area is 124 Å². The van der Waals surface area contributed by atoms with Crippen molar-refractivity contribution in [2.24, 2.45) is 0 Å². The SMILES string of the molecule is COCCC(NC(=O)CCOCc1ccccc1)C(=O)O. The zero-order valence-corrected chi connectivity index (χ0v) is 12.1. The first-order valence-corrected chi connectivity index (χ1v) is 6.76. The second kappa shape index (κ2) is 9.90. The average Bonchev–Trinajstić information content (AvgIpc) is 2.48. The third-order valence-corrected chi connectivity index (χ3v) is 2.83. The molecule has 0 aromatic heterocycles. The lowest BCUT2D eigenvalue weighted by Crippen LogP contribution is -2.41. The highest BCUT2D eigenvalue weighted by Crippen LogP contribution is 2.01. The molecule has 0 saturated heterocycles. The molecule has 0 aliphatic rings. The van der Waals surface area contributed by atoms with E-state index >= 15 is 0 Å². The smallest absolute Gasteiger partial charge is 0.326 e. The van der Waals surface area contributed by atoms with E-state index < -0.39 is 12.0 Å². The molecule has 0 saturated carbocycles. The zero-order chi connectivity index (χ0) is 15.5. The van der Waals surface area contributed by atoms with Crippen molar-refractivity contribution in [2.75, 3.05) is 20.3 Å². The van der Waals surface area contributed by atoms with Crippen molar-refractivity contribution in [1.82, 2.24) is 5.32 Å². The van der Waals surface area contributed by atoms with Crippen LogP contribution in [0.2, 0.25) is 0 Å². The summed E-state index contributed by atoms with van der Waals surface area (Å²) in [5, 5.41) is 11.4. The van der Waals surface area contributed by atoms with E-state index in [2.05, 4.69) is 5.32 Å². The van der Waals surface area contributed by atoms with Crippen molar-refractivity contribution >= 4 is 11.9 Å². The van der Waals surface area contributed by atoms with Gasteiger partial charge in [0.25, 0.3) is 0 Å². The molecule has 0 spiro atoms. The Bertz CT molecular complexity index is 435. The third kappa shape index (κ3) is 7.43. The lowest BCUT2D eigenvalue weighted by atomic mass is 10.2. The van der Waals surface area contributed by atoms with Gasteiger partial charge in [-0.05, 0) is 5.56 Å². The molecule has 6 heteroatoms. The third-order valence-electron chi connectivity index (χ3n) is 2.83. The lowest BCUT2D eigenvalue weighted by Gasteiger charge is -2.14. The number of hydrogen-bond donors (Lipinski definition) is 2. The molecule has 1 rings (SSSR count). The number of rotatable bonds is 10. The summed E-state index contributed by atoms with van der Waals surface area (Å²) in [6.07, 6.45) is 0.367. The fraction of sp³-hybridized carbons (Fsp3) is 0.467. The molecule has 21 heavy (non-hydrogen) atoms. The summed E-state index contributed by atoms with van der Waals surface area (Å²) in [6, 6.07) is 8.70. The molecule has 1 aromatic carbocycles. The summed E-state index contributed by atoms with van der Waals surface area (Å²) >= 11 is 0. The fourth-order valence-electron chi connectivity index (χ4n) is 1.69. The number of aliphatic carboxylic acids is 1. The monoisotopic (exact) mass is 295 g/mol. The van der Waals surface area contributed by atoms with Crippen LogP contribution in [0.15, 0.2) is 30.3 Å². The molecule has 116 valence electrons. The number of methoxy groups -OCH3 is 1. The fourth-order valence-corrected chi connectivity index (χ4v) is 1.69. The molecule has 6 nitrogen and oxygen atoms in total. The van der Waals surface area contributed by atoms with Crippen LogP contribution in [0.25, 0.3) is 0 Å². The number of ether oxygens (including phenoxy) is 2. The Morgan fingerprint density at radius 2 is 1.95 bits per heavy atom. The number of hydrogen-bond acceptors (Lipinski definition) is 4. The van der Waals surface area contributed by atoms with Crippen molar-refractivity contribution in [3.63, 3.8) is 0 Å². The Morgan fingerprint density at radius 1 is 1.24 bits per heavy atom. The summed E-state index contributed by atoms with van der Waals surface area (Å²) in [5.74, 6) is -1.41. The molecule has 2 N–H and O–H groups in total. The van der Waals surface area contributed by atoms with Gasteiger partial charge in [-0.2, -0.15) is 0 Å². The standard InChI is InChI=1S/C15H21NO5/c1-20-9-7-13(15(18)19)16-14(17)8-10-21-11-12-5-3-2-4-6-12/h2-6,13H,7-11H2,1H3,(H,16,17)(H,18,19). The van der Waals surface area contributed by atoms with E-state index in [1.807, 2.05) is 30.3 Å². The number of amides is 1. The second-order valence-corrected chi connectivity index (χ2v) is 4.53. The van der Waals surface area contributed by atoms with Crippen LogP contribution in [-0.4, -0.2) is 43.3 Å². The number of carboxylic acid groups (broad SMARTS) is 1. The van der Waals surface area contributed by atoms with Crippen molar-refractivity contribution in [1.29, 1.82) is 0 Å². The maximum atomic E-state index is 11.6. The molecule has 0 aliphatic heterocycles. The first-order valence-electron chi connectivity index (χ1n) is 6.76. The molecule has 1 aromatic rings. The van der Waals surface area contributed by atoms with Gasteiger partial charge in [0.2, 0.25) is 5.91 Å². The van der Waals surface area contributed by atoms with Crippen LogP contribution in [0.1, 0.15) is 18.4 Å². The van der Waals surface area contributed by atoms with Gasteiger partial charge in [0.1, 0.15) is 6.04 Å². The van der Waals surface area contributed by atoms with Crippen LogP contribution in [0.5, 0.6) is 0 Å². The number of carbonyl (C=O) groups is 2. The molecule has 0 fully saturated rings. The molecule has 0 radical (unpaired) electrons. The van der Waals surface area contributed by atoms with Gasteiger partial charge in [-0.1, -0.05) is 30.3 Å². The van der Waals surface area contributed by atoms with Crippen LogP contribution in [0.4, 0.5) is 0 Å². The van der Waals surface area contributed by atoms with Gasteiger partial charge < -0.3 is 19.9 Å². The quantitative estimate of drug-likeness (QED) is 0.634. The Morgan fingerprint density at radius 3 is 2.57 bits per heavy atom. The van der Waals surface area contributed by atoms with Crippen LogP contribution in [0.3, 0.4) is 0 Å². The van der Waals surface area contributed by atoms with Crippen LogP contribution in [0, 0.1) is 0 Å². The van der Waals surface area contributed by atoms with Gasteiger partial charge in [-0.15, -0.1) is 0 Å². The summed E-state index contributed by atoms with van der Waals surface area (Å²) in [7, 11) is 1.48. The number of carboxylic acids is 1. The summed E-state index contributed by atoms with van der Waals surface area (Å²) in [6.45, 7) is 0.958. The highest BCUT2D eigenvalue weighted by Gasteiger charge is 2.19. The predicted octanol–water partition coefficient (Wildman–Crippen LogP) is 1.20. The van der Waals surface area contributed by atoms with Crippen molar-refractivity contribution in [2.45, 2.75) is 25.5 Å². The molecular weight excluding hydrogens is 274 g/mol. The molecule has 1 atom stereocenters. The highest BCUT2D eigenvalue weighted by molar-refractivity contribution is 5.83. The maximum Gasteiger partial charge on any atom is 0.326 e. The van der Waals surface area contributed by atoms with Gasteiger partial charge in [-0.3, -0.25) is 4.79 Å². The zero-order valence-electron chi connectivity index (χ0n) is 12.1. The van der Waals surface area contributed by atoms with Gasteiger partial charge >= 0.3 is 5.97 Å². The molecule has 1 amide bonds. The average molecular weight is 295 g/mol. The van der Waals surface area contributed by atoms with E-state index in [-0.39, 0.29) is 32.0 Å². The van der Waals surface area contributed by atoms with E-state index in [1.54, 1.807) is 0 Å². The van der Waals surface area contributed by atoms with Gasteiger partial charge in [0, 0.05) is 26.6 Å². The van der Waals surface area contributed by atoms with E-state index in [1.165, 1.54) is 7.11 Å². The van der Waals surface area contributed by atoms with Crippen molar-refractivity contribution in [3.05, 3.63) is 35.9 Å². The predicted molar refractivity (Wildman–Crippen MR) is 76.8 cm³/mol. The highest BCUT2D eigenvalue weighted by atomic mass is 16.5. The molecular formula is C15H21NO5. The molecule has 0 aliphatic carbocycles. The van der Waals surface area contributed by atoms with E-state index in [9.17, 15) is 9.59 Å². The van der Waals surface area contributed by atoms with Crippen molar-refractivity contribution < 1.29 is 24.2 Å². The number of benzene rings is 1. The Balaban J connectivity index is 2.21. The first kappa shape index (κ1) is 17.1. The normalized spacial score (nSPS) is 11.9. The van der Waals surface area contributed by atoms with E-state index in [0.29, 0.717) is 6.61 Å². The minimum Gasteiger partial charge on any atom is -0.480 e. The minimum atomic E-state index is -1.06. The Hall–Kier alpha value is -1.92. The van der Waals surface area contributed by atoms with Crippen LogP contribution < -0.4 is 5.32 Å². The summed E-state index contributed by atoms with van der Waals surface area (Å²) in [4.78, 5) is 22.6. The molecule has 1 unspecified atom stereocenters. The largest absolute Gasteiger partial charge is 0.480 e. The number of nitrogens with one attached hydrogen (secondary N) is 1. The van der Waals surface area contributed by atoms with Gasteiger partial charge in [0.15, 0.2) is 0 Å². The summed E-state index contributed by atoms with van der Waals surface area (Å²) < 4.78 is 10.2. The van der Waals surface area contributed by atoms with E-state index in [0.717, 1.165) is 5.56 Å². The number of carbonyl (C=O) groups excluding carboxylic acids is 1. The van der Waals surface area contributed by atoms with Gasteiger partial charge in [0.05, 0.1) is 13.2 Å². The summed E-state index contributed by atoms with van der Waals surface area (Å²) in [5.41, 5.74) is 1.03. The minimum absolute atomic E-state index is 0.129. The first-order chi connectivity index (χ1) is 10.1. The lowest BCUT2D eigenvalue weighted by molar-refractivity contribution is -0.142. The maximum absolute atomic E-state index is 11.6. The topological polar surface area (TPSA) is 84.9 Å². The van der Waals surface area contributed by atoms with Crippen LogP contribution in [-0.2, 0) is 25.7 Å². The van der Waals surface area contributed by atoms with Gasteiger partial charge in [-0.25, -0.2) is 4.79 Å². The van der Waals surface area contributed by atoms with E-state index in [4.69, 9.17) is 14.6 Å². The molecule has 0 bridgehead atoms. The Kier molecular flexibility index (Phi) is 8.08. The van der Waals surface area contributed by atoms with Crippen LogP contribution >= 0.6 is 0 Å². The molecule has 0 heterocycles. The second-order valence-electron chi connectivity index (χ2n) is 4.53. The van der Waals surface area contributed by atoms with Crippen molar-refractivity contribution in [3.8, 4) is 0 Å².